The Morgan fingerprint density at radius 3 is 2.84 bits per heavy atom. The van der Waals surface area contributed by atoms with Gasteiger partial charge in [-0.3, -0.25) is 0 Å². The van der Waals surface area contributed by atoms with Gasteiger partial charge in [0.15, 0.2) is 0 Å². The molecule has 1 N–H and O–H groups in total. The Hall–Kier alpha value is -2.32. The number of nitrogens with zero attached hydrogens (tertiary/aromatic N) is 2. The molecule has 0 radical (unpaired) electrons. The van der Waals surface area contributed by atoms with Crippen LogP contribution in [0, 0.1) is 18.3 Å². The lowest BCUT2D eigenvalue weighted by Crippen LogP contribution is -2.13. The summed E-state index contributed by atoms with van der Waals surface area (Å²) in [5, 5.41) is 16.2. The first-order valence-electron chi connectivity index (χ1n) is 5.93. The van der Waals surface area contributed by atoms with Gasteiger partial charge in [-0.25, -0.2) is 0 Å². The van der Waals surface area contributed by atoms with Crippen LogP contribution in [-0.2, 0) is 13.1 Å². The summed E-state index contributed by atoms with van der Waals surface area (Å²) in [5.41, 5.74) is 2.43. The molecule has 1 aromatic heterocycles. The summed E-state index contributed by atoms with van der Waals surface area (Å²) in [6.07, 6.45) is 0. The van der Waals surface area contributed by atoms with E-state index in [1.807, 2.05) is 25.1 Å². The summed E-state index contributed by atoms with van der Waals surface area (Å²) >= 11 is 0. The highest BCUT2D eigenvalue weighted by atomic mass is 16.5. The molecule has 1 aromatic carbocycles. The molecule has 0 atom stereocenters. The molecule has 0 saturated carbocycles. The second kappa shape index (κ2) is 6.03. The monoisotopic (exact) mass is 257 g/mol. The number of benzene rings is 1. The minimum atomic E-state index is 0.541. The van der Waals surface area contributed by atoms with Crippen LogP contribution in [0.1, 0.15) is 22.6 Å². The quantitative estimate of drug-likeness (QED) is 0.888. The maximum absolute atomic E-state index is 9.01. The zero-order valence-electron chi connectivity index (χ0n) is 10.9. The summed E-state index contributed by atoms with van der Waals surface area (Å²) in [4.78, 5) is 0. The third-order valence-corrected chi connectivity index (χ3v) is 2.70. The van der Waals surface area contributed by atoms with Gasteiger partial charge in [0.1, 0.15) is 17.6 Å². The fourth-order valence-electron chi connectivity index (χ4n) is 1.79. The molecule has 2 rings (SSSR count). The summed E-state index contributed by atoms with van der Waals surface area (Å²) in [5.74, 6) is 1.39. The molecular weight excluding hydrogens is 242 g/mol. The van der Waals surface area contributed by atoms with E-state index in [-0.39, 0.29) is 0 Å². The maximum Gasteiger partial charge on any atom is 0.136 e. The molecule has 0 spiro atoms. The van der Waals surface area contributed by atoms with Crippen LogP contribution < -0.4 is 10.1 Å². The van der Waals surface area contributed by atoms with Crippen molar-refractivity contribution in [2.45, 2.75) is 20.0 Å². The van der Waals surface area contributed by atoms with Gasteiger partial charge < -0.3 is 14.6 Å². The average Bonchev–Trinajstić information content (AvgIpc) is 2.84. The van der Waals surface area contributed by atoms with Crippen molar-refractivity contribution in [3.63, 3.8) is 0 Å². The smallest absolute Gasteiger partial charge is 0.136 e. The van der Waals surface area contributed by atoms with Crippen molar-refractivity contribution in [1.82, 2.24) is 10.5 Å². The van der Waals surface area contributed by atoms with Gasteiger partial charge in [0.25, 0.3) is 0 Å². The summed E-state index contributed by atoms with van der Waals surface area (Å²) in [6.45, 7) is 3.15. The molecule has 0 aliphatic heterocycles. The first-order chi connectivity index (χ1) is 9.22. The van der Waals surface area contributed by atoms with Gasteiger partial charge in [0.2, 0.25) is 0 Å². The van der Waals surface area contributed by atoms with Crippen LogP contribution in [0.2, 0.25) is 0 Å². The van der Waals surface area contributed by atoms with Crippen molar-refractivity contribution in [2.75, 3.05) is 7.11 Å². The van der Waals surface area contributed by atoms with Crippen LogP contribution in [0.25, 0.3) is 0 Å². The normalized spacial score (nSPS) is 10.2. The topological polar surface area (TPSA) is 71.1 Å². The van der Waals surface area contributed by atoms with Crippen molar-refractivity contribution in [1.29, 1.82) is 5.26 Å². The Bertz CT molecular complexity index is 599. The van der Waals surface area contributed by atoms with Gasteiger partial charge in [0.05, 0.1) is 18.4 Å². The molecular formula is C14H15N3O2. The molecule has 5 heteroatoms. The zero-order valence-corrected chi connectivity index (χ0v) is 10.9. The van der Waals surface area contributed by atoms with E-state index in [0.29, 0.717) is 24.4 Å². The molecule has 98 valence electrons. The second-order valence-corrected chi connectivity index (χ2v) is 4.18. The molecule has 5 nitrogen and oxygen atoms in total. The van der Waals surface area contributed by atoms with E-state index in [2.05, 4.69) is 16.5 Å². The molecule has 0 fully saturated rings. The first kappa shape index (κ1) is 13.1. The van der Waals surface area contributed by atoms with Crippen LogP contribution in [0.5, 0.6) is 5.75 Å². The van der Waals surface area contributed by atoms with Crippen molar-refractivity contribution < 1.29 is 9.26 Å². The second-order valence-electron chi connectivity index (χ2n) is 4.18. The number of ether oxygens (including phenoxy) is 1. The fourth-order valence-corrected chi connectivity index (χ4v) is 1.79. The van der Waals surface area contributed by atoms with Gasteiger partial charge >= 0.3 is 0 Å². The van der Waals surface area contributed by atoms with Crippen LogP contribution >= 0.6 is 0 Å². The van der Waals surface area contributed by atoms with Crippen LogP contribution in [0.4, 0.5) is 0 Å². The highest BCUT2D eigenvalue weighted by Gasteiger charge is 2.04. The van der Waals surface area contributed by atoms with Crippen molar-refractivity contribution >= 4 is 0 Å². The molecule has 0 saturated heterocycles. The fraction of sp³-hybridized carbons (Fsp3) is 0.286. The molecule has 1 heterocycles. The van der Waals surface area contributed by atoms with E-state index in [4.69, 9.17) is 14.5 Å². The van der Waals surface area contributed by atoms with Crippen LogP contribution in [-0.4, -0.2) is 12.3 Å². The number of hydrogen-bond donors (Lipinski definition) is 1. The summed E-state index contributed by atoms with van der Waals surface area (Å²) in [6, 6.07) is 9.56. The molecule has 0 unspecified atom stereocenters. The average molecular weight is 257 g/mol. The van der Waals surface area contributed by atoms with E-state index in [1.54, 1.807) is 13.2 Å². The van der Waals surface area contributed by atoms with Crippen molar-refractivity contribution in [2.24, 2.45) is 0 Å². The highest BCUT2D eigenvalue weighted by Crippen LogP contribution is 2.18. The van der Waals surface area contributed by atoms with Gasteiger partial charge in [-0.05, 0) is 24.6 Å². The number of aryl methyl sites for hydroxylation is 1. The lowest BCUT2D eigenvalue weighted by molar-refractivity contribution is 0.388. The lowest BCUT2D eigenvalue weighted by Gasteiger charge is -2.06. The number of nitrogens with one attached hydrogen (secondary N) is 1. The number of methoxy groups -OCH3 is 1. The van der Waals surface area contributed by atoms with Crippen molar-refractivity contribution in [3.05, 3.63) is 46.8 Å². The molecule has 2 aromatic rings. The van der Waals surface area contributed by atoms with Gasteiger partial charge in [0, 0.05) is 19.2 Å². The first-order valence-corrected chi connectivity index (χ1v) is 5.93. The largest absolute Gasteiger partial charge is 0.495 e. The predicted octanol–water partition coefficient (Wildman–Crippen LogP) is 2.15. The maximum atomic E-state index is 9.01. The Morgan fingerprint density at radius 1 is 1.37 bits per heavy atom. The van der Waals surface area contributed by atoms with Crippen molar-refractivity contribution in [3.8, 4) is 11.8 Å². The van der Waals surface area contributed by atoms with Crippen LogP contribution in [0.3, 0.4) is 0 Å². The van der Waals surface area contributed by atoms with Gasteiger partial charge in [-0.2, -0.15) is 5.26 Å². The van der Waals surface area contributed by atoms with E-state index < -0.39 is 0 Å². The van der Waals surface area contributed by atoms with Gasteiger partial charge in [-0.15, -0.1) is 0 Å². The van der Waals surface area contributed by atoms with Crippen LogP contribution in [0.15, 0.2) is 28.8 Å². The molecule has 0 aliphatic rings. The third-order valence-electron chi connectivity index (χ3n) is 2.70. The SMILES string of the molecule is COc1ccc(CNCc2cc(C)on2)cc1C#N. The number of rotatable bonds is 5. The lowest BCUT2D eigenvalue weighted by atomic mass is 10.1. The standard InChI is InChI=1S/C14H15N3O2/c1-10-5-13(17-19-10)9-16-8-11-3-4-14(18-2)12(6-11)7-15/h3-6,16H,8-9H2,1-2H3. The van der Waals surface area contributed by atoms with E-state index in [0.717, 1.165) is 17.0 Å². The van der Waals surface area contributed by atoms with E-state index in [9.17, 15) is 0 Å². The summed E-state index contributed by atoms with van der Waals surface area (Å²) < 4.78 is 10.1. The number of aromatic nitrogens is 1. The van der Waals surface area contributed by atoms with Gasteiger partial charge in [-0.1, -0.05) is 11.2 Å². The Morgan fingerprint density at radius 2 is 2.21 bits per heavy atom. The zero-order chi connectivity index (χ0) is 13.7. The Labute approximate surface area is 111 Å². The number of nitriles is 1. The minimum Gasteiger partial charge on any atom is -0.495 e. The third kappa shape index (κ3) is 3.33. The number of hydrogen-bond acceptors (Lipinski definition) is 5. The van der Waals surface area contributed by atoms with E-state index in [1.165, 1.54) is 0 Å². The van der Waals surface area contributed by atoms with E-state index >= 15 is 0 Å². The Balaban J connectivity index is 1.95. The minimum absolute atomic E-state index is 0.541. The molecule has 0 amide bonds. The molecule has 0 bridgehead atoms. The molecule has 19 heavy (non-hydrogen) atoms. The predicted molar refractivity (Wildman–Crippen MR) is 69.5 cm³/mol. The molecule has 0 aliphatic carbocycles. The Kier molecular flexibility index (Phi) is 4.16. The summed E-state index contributed by atoms with van der Waals surface area (Å²) in [7, 11) is 1.56. The highest BCUT2D eigenvalue weighted by molar-refractivity contribution is 5.45.